The molecule has 0 atom stereocenters. The molecule has 0 amide bonds. The van der Waals surface area contributed by atoms with Gasteiger partial charge in [0.2, 0.25) is 0 Å². The van der Waals surface area contributed by atoms with Crippen LogP contribution < -0.4 is 14.8 Å². The number of para-hydroxylation sites is 2. The van der Waals surface area contributed by atoms with Gasteiger partial charge in [-0.2, -0.15) is 0 Å². The van der Waals surface area contributed by atoms with Crippen molar-refractivity contribution in [2.75, 3.05) is 12.4 Å². The fourth-order valence-corrected chi connectivity index (χ4v) is 2.32. The van der Waals surface area contributed by atoms with E-state index in [0.717, 1.165) is 28.2 Å². The van der Waals surface area contributed by atoms with Crippen molar-refractivity contribution in [2.24, 2.45) is 0 Å². The summed E-state index contributed by atoms with van der Waals surface area (Å²) in [6.45, 7) is 1.86. The predicted molar refractivity (Wildman–Crippen MR) is 87.8 cm³/mol. The Morgan fingerprint density at radius 3 is 2.78 bits per heavy atom. The van der Waals surface area contributed by atoms with E-state index >= 15 is 0 Å². The highest BCUT2D eigenvalue weighted by Crippen LogP contribution is 2.27. The van der Waals surface area contributed by atoms with Crippen LogP contribution in [0.3, 0.4) is 0 Å². The highest BCUT2D eigenvalue weighted by Gasteiger charge is 2.08. The molecule has 0 saturated heterocycles. The maximum absolute atomic E-state index is 11.1. The van der Waals surface area contributed by atoms with E-state index in [1.165, 1.54) is 6.92 Å². The zero-order valence-corrected chi connectivity index (χ0v) is 13.0. The van der Waals surface area contributed by atoms with Crippen LogP contribution in [-0.2, 0) is 11.3 Å². The summed E-state index contributed by atoms with van der Waals surface area (Å²) in [7, 11) is 1.62. The molecule has 1 N–H and O–H groups in total. The lowest BCUT2D eigenvalue weighted by atomic mass is 10.2. The number of furan rings is 1. The molecule has 0 aliphatic carbocycles. The van der Waals surface area contributed by atoms with E-state index in [0.29, 0.717) is 12.3 Å². The maximum atomic E-state index is 11.1. The molecule has 0 fully saturated rings. The molecule has 0 spiro atoms. The summed E-state index contributed by atoms with van der Waals surface area (Å²) in [5.41, 5.74) is 1.51. The summed E-state index contributed by atoms with van der Waals surface area (Å²) in [6.07, 6.45) is 0. The van der Waals surface area contributed by atoms with Crippen molar-refractivity contribution in [3.63, 3.8) is 0 Å². The summed E-state index contributed by atoms with van der Waals surface area (Å²) in [5.74, 6) is 1.69. The monoisotopic (exact) mass is 311 g/mol. The predicted octanol–water partition coefficient (Wildman–Crippen LogP) is 3.98. The number of hydrogen-bond acceptors (Lipinski definition) is 5. The standard InChI is InChI=1S/C18H17NO4/c1-12(20)22-17-6-4-3-5-16(17)19-11-15-9-13-7-8-14(21-2)10-18(13)23-15/h3-10,19H,11H2,1-2H3. The van der Waals surface area contributed by atoms with Crippen LogP contribution in [0.1, 0.15) is 12.7 Å². The van der Waals surface area contributed by atoms with Gasteiger partial charge in [-0.1, -0.05) is 12.1 Å². The average molecular weight is 311 g/mol. The van der Waals surface area contributed by atoms with Crippen LogP contribution in [0, 0.1) is 0 Å². The van der Waals surface area contributed by atoms with Gasteiger partial charge in [0.25, 0.3) is 0 Å². The Hall–Kier alpha value is -2.95. The van der Waals surface area contributed by atoms with Crippen molar-refractivity contribution in [3.05, 3.63) is 54.3 Å². The number of benzene rings is 2. The second-order valence-electron chi connectivity index (χ2n) is 5.06. The molecular weight excluding hydrogens is 294 g/mol. The van der Waals surface area contributed by atoms with Gasteiger partial charge < -0.3 is 19.2 Å². The van der Waals surface area contributed by atoms with Gasteiger partial charge in [-0.05, 0) is 30.3 Å². The van der Waals surface area contributed by atoms with E-state index in [1.54, 1.807) is 13.2 Å². The number of nitrogens with one attached hydrogen (secondary N) is 1. The van der Waals surface area contributed by atoms with Crippen LogP contribution in [0.4, 0.5) is 5.69 Å². The van der Waals surface area contributed by atoms with Gasteiger partial charge in [0.15, 0.2) is 5.75 Å². The Kier molecular flexibility index (Phi) is 4.19. The molecule has 2 aromatic carbocycles. The third kappa shape index (κ3) is 3.45. The highest BCUT2D eigenvalue weighted by atomic mass is 16.5. The number of methoxy groups -OCH3 is 1. The fraction of sp³-hybridized carbons (Fsp3) is 0.167. The Labute approximate surface area is 133 Å². The largest absolute Gasteiger partial charge is 0.497 e. The number of esters is 1. The number of ether oxygens (including phenoxy) is 2. The van der Waals surface area contributed by atoms with Gasteiger partial charge in [0.05, 0.1) is 19.3 Å². The lowest BCUT2D eigenvalue weighted by Crippen LogP contribution is -2.05. The highest BCUT2D eigenvalue weighted by molar-refractivity contribution is 5.79. The summed E-state index contributed by atoms with van der Waals surface area (Å²) in [5, 5.41) is 4.23. The zero-order chi connectivity index (χ0) is 16.2. The molecule has 0 unspecified atom stereocenters. The van der Waals surface area contributed by atoms with Gasteiger partial charge >= 0.3 is 5.97 Å². The van der Waals surface area contributed by atoms with E-state index in [1.807, 2.05) is 42.5 Å². The summed E-state index contributed by atoms with van der Waals surface area (Å²) < 4.78 is 16.2. The Balaban J connectivity index is 1.77. The number of carbonyl (C=O) groups is 1. The summed E-state index contributed by atoms with van der Waals surface area (Å²) >= 11 is 0. The van der Waals surface area contributed by atoms with Crippen LogP contribution in [0.25, 0.3) is 11.0 Å². The van der Waals surface area contributed by atoms with Crippen molar-refractivity contribution in [2.45, 2.75) is 13.5 Å². The number of anilines is 1. The van der Waals surface area contributed by atoms with E-state index in [9.17, 15) is 4.79 Å². The third-order valence-corrected chi connectivity index (χ3v) is 3.37. The van der Waals surface area contributed by atoms with Gasteiger partial charge in [-0.15, -0.1) is 0 Å². The lowest BCUT2D eigenvalue weighted by Gasteiger charge is -2.09. The molecule has 3 rings (SSSR count). The van der Waals surface area contributed by atoms with E-state index in [-0.39, 0.29) is 5.97 Å². The topological polar surface area (TPSA) is 60.7 Å². The Bertz CT molecular complexity index is 838. The number of hydrogen-bond donors (Lipinski definition) is 1. The van der Waals surface area contributed by atoms with Gasteiger partial charge in [0, 0.05) is 18.4 Å². The molecule has 1 aromatic heterocycles. The molecule has 0 aliphatic heterocycles. The van der Waals surface area contributed by atoms with Crippen LogP contribution in [0.2, 0.25) is 0 Å². The van der Waals surface area contributed by atoms with E-state index in [4.69, 9.17) is 13.9 Å². The smallest absolute Gasteiger partial charge is 0.308 e. The number of fused-ring (bicyclic) bond motifs is 1. The van der Waals surface area contributed by atoms with E-state index < -0.39 is 0 Å². The SMILES string of the molecule is COc1ccc2cc(CNc3ccccc3OC(C)=O)oc2c1. The van der Waals surface area contributed by atoms with E-state index in [2.05, 4.69) is 5.32 Å². The van der Waals surface area contributed by atoms with Crippen molar-refractivity contribution < 1.29 is 18.7 Å². The normalized spacial score (nSPS) is 10.5. The fourth-order valence-electron chi connectivity index (χ4n) is 2.32. The summed E-state index contributed by atoms with van der Waals surface area (Å²) in [6, 6.07) is 15.0. The van der Waals surface area contributed by atoms with Crippen molar-refractivity contribution in [1.29, 1.82) is 0 Å². The molecular formula is C18H17NO4. The van der Waals surface area contributed by atoms with Crippen molar-refractivity contribution in [1.82, 2.24) is 0 Å². The van der Waals surface area contributed by atoms with Crippen molar-refractivity contribution in [3.8, 4) is 11.5 Å². The molecule has 118 valence electrons. The molecule has 0 saturated carbocycles. The number of carbonyl (C=O) groups excluding carboxylic acids is 1. The van der Waals surface area contributed by atoms with Gasteiger partial charge in [0.1, 0.15) is 17.1 Å². The molecule has 0 aliphatic rings. The third-order valence-electron chi connectivity index (χ3n) is 3.37. The average Bonchev–Trinajstić information content (AvgIpc) is 2.95. The second kappa shape index (κ2) is 6.44. The molecule has 3 aromatic rings. The van der Waals surface area contributed by atoms with Crippen LogP contribution in [-0.4, -0.2) is 13.1 Å². The minimum atomic E-state index is -0.352. The molecule has 5 nitrogen and oxygen atoms in total. The minimum absolute atomic E-state index is 0.352. The Morgan fingerprint density at radius 1 is 1.17 bits per heavy atom. The lowest BCUT2D eigenvalue weighted by molar-refractivity contribution is -0.131. The molecule has 0 radical (unpaired) electrons. The first kappa shape index (κ1) is 15.0. The second-order valence-corrected chi connectivity index (χ2v) is 5.06. The summed E-state index contributed by atoms with van der Waals surface area (Å²) in [4.78, 5) is 11.1. The molecule has 0 bridgehead atoms. The Morgan fingerprint density at radius 2 is 2.00 bits per heavy atom. The van der Waals surface area contributed by atoms with Crippen LogP contribution >= 0.6 is 0 Å². The molecule has 23 heavy (non-hydrogen) atoms. The van der Waals surface area contributed by atoms with Crippen LogP contribution in [0.5, 0.6) is 11.5 Å². The van der Waals surface area contributed by atoms with Crippen LogP contribution in [0.15, 0.2) is 52.9 Å². The molecule has 1 heterocycles. The minimum Gasteiger partial charge on any atom is -0.497 e. The first-order valence-corrected chi connectivity index (χ1v) is 7.23. The first-order valence-electron chi connectivity index (χ1n) is 7.23. The maximum Gasteiger partial charge on any atom is 0.308 e. The first-order chi connectivity index (χ1) is 11.2. The molecule has 5 heteroatoms. The quantitative estimate of drug-likeness (QED) is 0.570. The van der Waals surface area contributed by atoms with Crippen molar-refractivity contribution >= 4 is 22.6 Å². The zero-order valence-electron chi connectivity index (χ0n) is 13.0. The van der Waals surface area contributed by atoms with Gasteiger partial charge in [-0.25, -0.2) is 0 Å². The number of rotatable bonds is 5. The van der Waals surface area contributed by atoms with Gasteiger partial charge in [-0.3, -0.25) is 4.79 Å².